The summed E-state index contributed by atoms with van der Waals surface area (Å²) in [6.45, 7) is 6.01. The van der Waals surface area contributed by atoms with Crippen molar-refractivity contribution in [2.45, 2.75) is 20.8 Å². The fraction of sp³-hybridized carbons (Fsp3) is 0.188. The highest BCUT2D eigenvalue weighted by Crippen LogP contribution is 2.15. The van der Waals surface area contributed by atoms with Crippen LogP contribution in [0.3, 0.4) is 0 Å². The van der Waals surface area contributed by atoms with E-state index in [4.69, 9.17) is 0 Å². The van der Waals surface area contributed by atoms with E-state index >= 15 is 0 Å². The number of anilines is 1. The monoisotopic (exact) mass is 239 g/mol. The fourth-order valence-electron chi connectivity index (χ4n) is 1.83. The number of aryl methyl sites for hydroxylation is 2. The molecule has 0 spiro atoms. The largest absolute Gasteiger partial charge is 0.322 e. The Balaban J connectivity index is 2.22. The van der Waals surface area contributed by atoms with Gasteiger partial charge in [0, 0.05) is 11.3 Å². The molecule has 0 bridgehead atoms. The first-order valence-electron chi connectivity index (χ1n) is 6.02. The van der Waals surface area contributed by atoms with Crippen LogP contribution >= 0.6 is 0 Å². The Labute approximate surface area is 108 Å². The molecule has 92 valence electrons. The molecule has 0 aromatic heterocycles. The lowest BCUT2D eigenvalue weighted by Gasteiger charge is -2.09. The molecule has 2 aromatic carbocycles. The molecule has 0 saturated heterocycles. The normalized spacial score (nSPS) is 10.2. The van der Waals surface area contributed by atoms with E-state index in [-0.39, 0.29) is 5.91 Å². The van der Waals surface area contributed by atoms with Crippen LogP contribution < -0.4 is 5.32 Å². The number of rotatable bonds is 2. The molecule has 2 nitrogen and oxygen atoms in total. The van der Waals surface area contributed by atoms with Gasteiger partial charge in [0.1, 0.15) is 0 Å². The molecular weight excluding hydrogens is 222 g/mol. The topological polar surface area (TPSA) is 29.1 Å². The molecule has 1 N–H and O–H groups in total. The molecule has 0 aliphatic carbocycles. The second-order valence-corrected chi connectivity index (χ2v) is 4.57. The zero-order chi connectivity index (χ0) is 13.1. The maximum absolute atomic E-state index is 12.2. The SMILES string of the molecule is Cc1ccc(NC(=O)c2cccc(C)c2C)cc1. The number of amides is 1. The highest BCUT2D eigenvalue weighted by molar-refractivity contribution is 6.05. The molecule has 2 heteroatoms. The summed E-state index contributed by atoms with van der Waals surface area (Å²) in [5.74, 6) is -0.0555. The third-order valence-corrected chi connectivity index (χ3v) is 3.16. The van der Waals surface area contributed by atoms with Crippen LogP contribution in [0.1, 0.15) is 27.0 Å². The zero-order valence-corrected chi connectivity index (χ0v) is 10.9. The lowest BCUT2D eigenvalue weighted by Crippen LogP contribution is -2.13. The van der Waals surface area contributed by atoms with Crippen molar-refractivity contribution in [2.24, 2.45) is 0 Å². The smallest absolute Gasteiger partial charge is 0.255 e. The summed E-state index contributed by atoms with van der Waals surface area (Å²) in [6, 6.07) is 13.6. The summed E-state index contributed by atoms with van der Waals surface area (Å²) in [5.41, 5.74) is 4.90. The molecule has 0 atom stereocenters. The number of carbonyl (C=O) groups excluding carboxylic acids is 1. The van der Waals surface area contributed by atoms with Gasteiger partial charge in [-0.05, 0) is 50.1 Å². The Hall–Kier alpha value is -2.09. The van der Waals surface area contributed by atoms with E-state index in [2.05, 4.69) is 5.32 Å². The van der Waals surface area contributed by atoms with Gasteiger partial charge in [0.05, 0.1) is 0 Å². The first-order chi connectivity index (χ1) is 8.58. The molecule has 1 amide bonds. The van der Waals surface area contributed by atoms with Crippen molar-refractivity contribution in [2.75, 3.05) is 5.32 Å². The Morgan fingerprint density at radius 2 is 1.61 bits per heavy atom. The Morgan fingerprint density at radius 1 is 0.944 bits per heavy atom. The van der Waals surface area contributed by atoms with Crippen molar-refractivity contribution < 1.29 is 4.79 Å². The van der Waals surface area contributed by atoms with Crippen LogP contribution in [0.4, 0.5) is 5.69 Å². The molecule has 0 aliphatic heterocycles. The number of nitrogens with one attached hydrogen (secondary N) is 1. The Kier molecular flexibility index (Phi) is 3.47. The minimum atomic E-state index is -0.0555. The van der Waals surface area contributed by atoms with Crippen molar-refractivity contribution in [1.29, 1.82) is 0 Å². The third kappa shape index (κ3) is 2.59. The molecule has 0 aliphatic rings. The van der Waals surface area contributed by atoms with Crippen molar-refractivity contribution in [3.8, 4) is 0 Å². The van der Waals surface area contributed by atoms with Crippen LogP contribution in [0.5, 0.6) is 0 Å². The minimum absolute atomic E-state index is 0.0555. The number of hydrogen-bond donors (Lipinski definition) is 1. The van der Waals surface area contributed by atoms with Gasteiger partial charge in [-0.2, -0.15) is 0 Å². The van der Waals surface area contributed by atoms with Crippen LogP contribution in [0.15, 0.2) is 42.5 Å². The van der Waals surface area contributed by atoms with Crippen LogP contribution in [-0.2, 0) is 0 Å². The van der Waals surface area contributed by atoms with E-state index in [1.54, 1.807) is 0 Å². The summed E-state index contributed by atoms with van der Waals surface area (Å²) in [5, 5.41) is 2.91. The van der Waals surface area contributed by atoms with Crippen molar-refractivity contribution >= 4 is 11.6 Å². The number of hydrogen-bond acceptors (Lipinski definition) is 1. The molecule has 0 heterocycles. The molecule has 2 rings (SSSR count). The van der Waals surface area contributed by atoms with Crippen LogP contribution in [0.2, 0.25) is 0 Å². The van der Waals surface area contributed by atoms with Crippen LogP contribution in [0, 0.1) is 20.8 Å². The molecule has 0 saturated carbocycles. The summed E-state index contributed by atoms with van der Waals surface area (Å²) < 4.78 is 0. The predicted molar refractivity (Wildman–Crippen MR) is 75.0 cm³/mol. The maximum Gasteiger partial charge on any atom is 0.255 e. The number of benzene rings is 2. The van der Waals surface area contributed by atoms with Gasteiger partial charge in [-0.15, -0.1) is 0 Å². The van der Waals surface area contributed by atoms with Crippen LogP contribution in [0.25, 0.3) is 0 Å². The average molecular weight is 239 g/mol. The third-order valence-electron chi connectivity index (χ3n) is 3.16. The molecule has 0 unspecified atom stereocenters. The van der Waals surface area contributed by atoms with E-state index < -0.39 is 0 Å². The van der Waals surface area contributed by atoms with E-state index in [1.807, 2.05) is 63.2 Å². The first kappa shape index (κ1) is 12.4. The van der Waals surface area contributed by atoms with E-state index in [1.165, 1.54) is 5.56 Å². The molecule has 2 aromatic rings. The second-order valence-electron chi connectivity index (χ2n) is 4.57. The molecule has 18 heavy (non-hydrogen) atoms. The van der Waals surface area contributed by atoms with E-state index in [9.17, 15) is 4.79 Å². The van der Waals surface area contributed by atoms with Crippen molar-refractivity contribution in [1.82, 2.24) is 0 Å². The molecule has 0 fully saturated rings. The summed E-state index contributed by atoms with van der Waals surface area (Å²) in [7, 11) is 0. The van der Waals surface area contributed by atoms with Crippen molar-refractivity contribution in [3.63, 3.8) is 0 Å². The van der Waals surface area contributed by atoms with Gasteiger partial charge in [-0.25, -0.2) is 0 Å². The predicted octanol–water partition coefficient (Wildman–Crippen LogP) is 3.86. The van der Waals surface area contributed by atoms with Gasteiger partial charge in [0.25, 0.3) is 5.91 Å². The first-order valence-corrected chi connectivity index (χ1v) is 6.02. The standard InChI is InChI=1S/C16H17NO/c1-11-7-9-14(10-8-11)17-16(18)15-6-4-5-12(2)13(15)3/h4-10H,1-3H3,(H,17,18). The summed E-state index contributed by atoms with van der Waals surface area (Å²) in [4.78, 5) is 12.2. The second kappa shape index (κ2) is 5.05. The molecule has 0 radical (unpaired) electrons. The van der Waals surface area contributed by atoms with Gasteiger partial charge in [-0.3, -0.25) is 4.79 Å². The van der Waals surface area contributed by atoms with Gasteiger partial charge >= 0.3 is 0 Å². The molecular formula is C16H17NO. The highest BCUT2D eigenvalue weighted by atomic mass is 16.1. The minimum Gasteiger partial charge on any atom is -0.322 e. The maximum atomic E-state index is 12.2. The summed E-state index contributed by atoms with van der Waals surface area (Å²) in [6.07, 6.45) is 0. The average Bonchev–Trinajstić information content (AvgIpc) is 2.35. The number of carbonyl (C=O) groups is 1. The van der Waals surface area contributed by atoms with E-state index in [0.717, 1.165) is 22.4 Å². The quantitative estimate of drug-likeness (QED) is 0.847. The van der Waals surface area contributed by atoms with Gasteiger partial charge in [0.15, 0.2) is 0 Å². The van der Waals surface area contributed by atoms with E-state index in [0.29, 0.717) is 0 Å². The van der Waals surface area contributed by atoms with Gasteiger partial charge in [-0.1, -0.05) is 29.8 Å². The highest BCUT2D eigenvalue weighted by Gasteiger charge is 2.09. The zero-order valence-electron chi connectivity index (χ0n) is 10.9. The fourth-order valence-corrected chi connectivity index (χ4v) is 1.83. The summed E-state index contributed by atoms with van der Waals surface area (Å²) >= 11 is 0. The van der Waals surface area contributed by atoms with Gasteiger partial charge in [0.2, 0.25) is 0 Å². The van der Waals surface area contributed by atoms with Gasteiger partial charge < -0.3 is 5.32 Å². The lowest BCUT2D eigenvalue weighted by atomic mass is 10.0. The Bertz CT molecular complexity index is 570. The van der Waals surface area contributed by atoms with Crippen molar-refractivity contribution in [3.05, 3.63) is 64.7 Å². The lowest BCUT2D eigenvalue weighted by molar-refractivity contribution is 0.102. The Morgan fingerprint density at radius 3 is 2.28 bits per heavy atom. The van der Waals surface area contributed by atoms with Crippen LogP contribution in [-0.4, -0.2) is 5.91 Å².